The molecule has 3 rings (SSSR count). The van der Waals surface area contributed by atoms with E-state index in [4.69, 9.17) is 0 Å². The lowest BCUT2D eigenvalue weighted by Crippen LogP contribution is -2.27. The largest absolute Gasteiger partial charge is 0.307 e. The maximum Gasteiger partial charge on any atom is 0.249 e. The molecule has 126 valence electrons. The van der Waals surface area contributed by atoms with E-state index in [0.717, 1.165) is 16.8 Å². The molecule has 1 unspecified atom stereocenters. The lowest BCUT2D eigenvalue weighted by molar-refractivity contribution is -0.111. The van der Waals surface area contributed by atoms with E-state index in [1.54, 1.807) is 6.08 Å². The lowest BCUT2D eigenvalue weighted by atomic mass is 10.1. The zero-order chi connectivity index (χ0) is 17.3. The number of amides is 1. The average Bonchev–Trinajstić information content (AvgIpc) is 3.03. The first-order valence-corrected chi connectivity index (χ1v) is 9.34. The van der Waals surface area contributed by atoms with E-state index >= 15 is 0 Å². The van der Waals surface area contributed by atoms with Crippen molar-refractivity contribution in [3.63, 3.8) is 0 Å². The van der Waals surface area contributed by atoms with Gasteiger partial charge in [0.1, 0.15) is 5.82 Å². The van der Waals surface area contributed by atoms with E-state index < -0.39 is 10.8 Å². The van der Waals surface area contributed by atoms with Gasteiger partial charge in [0.15, 0.2) is 0 Å². The summed E-state index contributed by atoms with van der Waals surface area (Å²) in [5.74, 6) is 1.35. The van der Waals surface area contributed by atoms with Crippen LogP contribution in [0.1, 0.15) is 37.6 Å². The zero-order valence-electron chi connectivity index (χ0n) is 14.1. The highest BCUT2D eigenvalue weighted by Gasteiger charge is 2.31. The molecule has 0 radical (unpaired) electrons. The van der Waals surface area contributed by atoms with Crippen molar-refractivity contribution in [1.82, 2.24) is 9.78 Å². The third-order valence-corrected chi connectivity index (χ3v) is 4.98. The van der Waals surface area contributed by atoms with Crippen LogP contribution in [0.15, 0.2) is 36.4 Å². The number of nitrogens with one attached hydrogen (secondary N) is 1. The number of hydrogen-bond donors (Lipinski definition) is 1. The number of nitrogens with zero attached hydrogens (tertiary/aromatic N) is 2. The summed E-state index contributed by atoms with van der Waals surface area (Å²) in [5, 5.41) is 7.50. The SMILES string of the molecule is CC(C)(C)n1nc2c(c1NC(=O)/C=C\c1ccccc1)CS(=O)C2. The number of benzene rings is 1. The van der Waals surface area contributed by atoms with Crippen LogP contribution in [0.5, 0.6) is 0 Å². The Labute approximate surface area is 144 Å². The fraction of sp³-hybridized carbons (Fsp3) is 0.333. The molecule has 5 nitrogen and oxygen atoms in total. The average molecular weight is 343 g/mol. The molecule has 0 bridgehead atoms. The predicted octanol–water partition coefficient (Wildman–Crippen LogP) is 3.05. The van der Waals surface area contributed by atoms with Gasteiger partial charge in [-0.05, 0) is 32.4 Å². The fourth-order valence-electron chi connectivity index (χ4n) is 2.64. The molecule has 6 heteroatoms. The fourth-order valence-corrected chi connectivity index (χ4v) is 3.90. The Hall–Kier alpha value is -2.21. The summed E-state index contributed by atoms with van der Waals surface area (Å²) in [6, 6.07) is 9.65. The van der Waals surface area contributed by atoms with Crippen molar-refractivity contribution < 1.29 is 9.00 Å². The van der Waals surface area contributed by atoms with Crippen molar-refractivity contribution in [2.24, 2.45) is 0 Å². The van der Waals surface area contributed by atoms with E-state index in [9.17, 15) is 9.00 Å². The van der Waals surface area contributed by atoms with E-state index in [0.29, 0.717) is 17.3 Å². The number of carbonyl (C=O) groups excluding carboxylic acids is 1. The van der Waals surface area contributed by atoms with Gasteiger partial charge >= 0.3 is 0 Å². The van der Waals surface area contributed by atoms with Crippen molar-refractivity contribution in [1.29, 1.82) is 0 Å². The van der Waals surface area contributed by atoms with Crippen LogP contribution in [0, 0.1) is 0 Å². The third-order valence-electron chi connectivity index (χ3n) is 3.77. The predicted molar refractivity (Wildman–Crippen MR) is 96.9 cm³/mol. The molecular formula is C18H21N3O2S. The Morgan fingerprint density at radius 2 is 1.96 bits per heavy atom. The van der Waals surface area contributed by atoms with E-state index in [2.05, 4.69) is 10.4 Å². The first kappa shape index (κ1) is 16.6. The number of hydrogen-bond acceptors (Lipinski definition) is 3. The number of fused-ring (bicyclic) bond motifs is 1. The van der Waals surface area contributed by atoms with Gasteiger partial charge in [0.25, 0.3) is 0 Å². The number of anilines is 1. The molecule has 1 aliphatic heterocycles. The quantitative estimate of drug-likeness (QED) is 0.871. The Bertz CT molecular complexity index is 817. The Morgan fingerprint density at radius 1 is 1.25 bits per heavy atom. The molecule has 0 saturated carbocycles. The minimum atomic E-state index is -0.927. The second kappa shape index (κ2) is 6.36. The van der Waals surface area contributed by atoms with Crippen LogP contribution >= 0.6 is 0 Å². The number of rotatable bonds is 3. The maximum atomic E-state index is 12.3. The molecule has 1 atom stereocenters. The minimum absolute atomic E-state index is 0.218. The van der Waals surface area contributed by atoms with Gasteiger partial charge in [-0.15, -0.1) is 0 Å². The summed E-state index contributed by atoms with van der Waals surface area (Å²) in [5.41, 5.74) is 2.41. The second-order valence-electron chi connectivity index (χ2n) is 6.82. The molecule has 1 amide bonds. The highest BCUT2D eigenvalue weighted by atomic mass is 32.2. The van der Waals surface area contributed by atoms with Gasteiger partial charge in [-0.3, -0.25) is 9.00 Å². The van der Waals surface area contributed by atoms with Crippen LogP contribution in [0.4, 0.5) is 5.82 Å². The van der Waals surface area contributed by atoms with E-state index in [-0.39, 0.29) is 11.4 Å². The molecule has 0 fully saturated rings. The van der Waals surface area contributed by atoms with Crippen LogP contribution in [0.25, 0.3) is 6.08 Å². The monoisotopic (exact) mass is 343 g/mol. The van der Waals surface area contributed by atoms with Crippen LogP contribution in [0.3, 0.4) is 0 Å². The van der Waals surface area contributed by atoms with Crippen molar-refractivity contribution >= 4 is 28.6 Å². The first-order chi connectivity index (χ1) is 11.3. The Balaban J connectivity index is 1.85. The molecule has 24 heavy (non-hydrogen) atoms. The molecule has 1 aromatic heterocycles. The van der Waals surface area contributed by atoms with Crippen LogP contribution in [0.2, 0.25) is 0 Å². The molecule has 2 heterocycles. The molecule has 1 aliphatic rings. The summed E-state index contributed by atoms with van der Waals surface area (Å²) in [6.07, 6.45) is 3.28. The normalized spacial score (nSPS) is 17.2. The lowest BCUT2D eigenvalue weighted by Gasteiger charge is -2.23. The Kier molecular flexibility index (Phi) is 4.41. The number of carbonyl (C=O) groups is 1. The number of aromatic nitrogens is 2. The smallest absolute Gasteiger partial charge is 0.249 e. The van der Waals surface area contributed by atoms with E-state index in [1.165, 1.54) is 6.08 Å². The summed E-state index contributed by atoms with van der Waals surface area (Å²) in [6.45, 7) is 6.09. The molecular weight excluding hydrogens is 322 g/mol. The topological polar surface area (TPSA) is 64.0 Å². The van der Waals surface area contributed by atoms with Gasteiger partial charge in [0.2, 0.25) is 5.91 Å². The van der Waals surface area contributed by atoms with Crippen LogP contribution in [-0.4, -0.2) is 19.9 Å². The van der Waals surface area contributed by atoms with Crippen LogP contribution in [-0.2, 0) is 32.6 Å². The summed E-state index contributed by atoms with van der Waals surface area (Å²) in [7, 11) is -0.927. The summed E-state index contributed by atoms with van der Waals surface area (Å²) >= 11 is 0. The van der Waals surface area contributed by atoms with Gasteiger partial charge < -0.3 is 5.32 Å². The highest BCUT2D eigenvalue weighted by molar-refractivity contribution is 7.83. The van der Waals surface area contributed by atoms with Gasteiger partial charge in [0, 0.05) is 22.4 Å². The third kappa shape index (κ3) is 3.48. The van der Waals surface area contributed by atoms with Gasteiger partial charge in [0.05, 0.1) is 22.7 Å². The zero-order valence-corrected chi connectivity index (χ0v) is 14.9. The summed E-state index contributed by atoms with van der Waals surface area (Å²) < 4.78 is 13.6. The van der Waals surface area contributed by atoms with Gasteiger partial charge in [-0.25, -0.2) is 4.68 Å². The molecule has 1 N–H and O–H groups in total. The molecule has 0 spiro atoms. The van der Waals surface area contributed by atoms with Crippen molar-refractivity contribution in [2.75, 3.05) is 5.32 Å². The highest BCUT2D eigenvalue weighted by Crippen LogP contribution is 2.32. The van der Waals surface area contributed by atoms with Crippen molar-refractivity contribution in [3.8, 4) is 0 Å². The maximum absolute atomic E-state index is 12.3. The molecule has 1 aromatic carbocycles. The molecule has 0 aliphatic carbocycles. The van der Waals surface area contributed by atoms with Gasteiger partial charge in [-0.2, -0.15) is 5.10 Å². The van der Waals surface area contributed by atoms with Crippen LogP contribution < -0.4 is 5.32 Å². The summed E-state index contributed by atoms with van der Waals surface area (Å²) in [4.78, 5) is 12.3. The second-order valence-corrected chi connectivity index (χ2v) is 8.28. The van der Waals surface area contributed by atoms with Crippen molar-refractivity contribution in [3.05, 3.63) is 53.2 Å². The van der Waals surface area contributed by atoms with Gasteiger partial charge in [-0.1, -0.05) is 30.3 Å². The van der Waals surface area contributed by atoms with E-state index in [1.807, 2.05) is 55.8 Å². The first-order valence-electron chi connectivity index (χ1n) is 7.85. The molecule has 0 saturated heterocycles. The molecule has 2 aromatic rings. The standard InChI is InChI=1S/C18H21N3O2S/c1-18(2,3)21-17(14-11-24(23)12-15(14)20-21)19-16(22)10-9-13-7-5-4-6-8-13/h4-10H,11-12H2,1-3H3,(H,19,22)/b10-9-. The minimum Gasteiger partial charge on any atom is -0.307 e. The van der Waals surface area contributed by atoms with Crippen molar-refractivity contribution in [2.45, 2.75) is 37.8 Å². The Morgan fingerprint density at radius 3 is 2.62 bits per heavy atom.